The molecule has 0 aliphatic heterocycles. The van der Waals surface area contributed by atoms with Gasteiger partial charge in [-0.15, -0.1) is 12.4 Å². The first-order chi connectivity index (χ1) is 6.20. The van der Waals surface area contributed by atoms with Crippen molar-refractivity contribution in [1.82, 2.24) is 0 Å². The Labute approximate surface area is 97.4 Å². The van der Waals surface area contributed by atoms with Gasteiger partial charge < -0.3 is 5.73 Å². The van der Waals surface area contributed by atoms with Crippen LogP contribution in [-0.2, 0) is 0 Å². The first-order valence-corrected chi connectivity index (χ1v) is 5.19. The summed E-state index contributed by atoms with van der Waals surface area (Å²) in [6.45, 7) is 0. The molecule has 1 fully saturated rings. The van der Waals surface area contributed by atoms with E-state index < -0.39 is 0 Å². The molecule has 0 aromatic heterocycles. The van der Waals surface area contributed by atoms with Crippen LogP contribution in [0, 0.1) is 11.7 Å². The van der Waals surface area contributed by atoms with Crippen LogP contribution in [0.2, 0.25) is 0 Å². The topological polar surface area (TPSA) is 26.0 Å². The first-order valence-electron chi connectivity index (χ1n) is 4.39. The lowest BCUT2D eigenvalue weighted by molar-refractivity contribution is 0.549. The lowest BCUT2D eigenvalue weighted by atomic mass is 10.0. The van der Waals surface area contributed by atoms with Crippen LogP contribution in [0.5, 0.6) is 0 Å². The quantitative estimate of drug-likeness (QED) is 0.882. The fourth-order valence-corrected chi connectivity index (χ4v) is 1.87. The fraction of sp³-hybridized carbons (Fsp3) is 0.400. The maximum Gasteiger partial charge on any atom is 0.142 e. The third-order valence-electron chi connectivity index (χ3n) is 2.47. The van der Waals surface area contributed by atoms with Crippen LogP contribution in [0.3, 0.4) is 0 Å². The average molecular weight is 281 g/mol. The smallest absolute Gasteiger partial charge is 0.142 e. The Morgan fingerprint density at radius 3 is 2.64 bits per heavy atom. The van der Waals surface area contributed by atoms with Crippen molar-refractivity contribution in [3.63, 3.8) is 0 Å². The Morgan fingerprint density at radius 1 is 1.43 bits per heavy atom. The molecule has 4 heteroatoms. The van der Waals surface area contributed by atoms with Gasteiger partial charge in [-0.05, 0) is 40.8 Å². The Morgan fingerprint density at radius 2 is 2.07 bits per heavy atom. The van der Waals surface area contributed by atoms with Gasteiger partial charge in [0.25, 0.3) is 0 Å². The molecule has 1 saturated carbocycles. The molecule has 1 atom stereocenters. The first kappa shape index (κ1) is 12.0. The van der Waals surface area contributed by atoms with Gasteiger partial charge in [-0.3, -0.25) is 0 Å². The molecule has 2 N–H and O–H groups in total. The zero-order valence-electron chi connectivity index (χ0n) is 7.54. The van der Waals surface area contributed by atoms with E-state index in [0.29, 0.717) is 16.0 Å². The van der Waals surface area contributed by atoms with Gasteiger partial charge in [0.15, 0.2) is 0 Å². The van der Waals surface area contributed by atoms with Crippen molar-refractivity contribution in [3.05, 3.63) is 34.1 Å². The molecule has 0 bridgehead atoms. The highest BCUT2D eigenvalue weighted by Crippen LogP contribution is 2.40. The van der Waals surface area contributed by atoms with Crippen molar-refractivity contribution >= 4 is 28.3 Å². The second-order valence-corrected chi connectivity index (χ2v) is 4.36. The number of nitrogens with two attached hydrogens (primary N) is 1. The van der Waals surface area contributed by atoms with E-state index in [1.54, 1.807) is 12.1 Å². The number of hydrogen-bond acceptors (Lipinski definition) is 1. The van der Waals surface area contributed by atoms with Crippen LogP contribution in [-0.4, -0.2) is 0 Å². The number of benzene rings is 1. The Bertz CT molecular complexity index is 328. The molecule has 14 heavy (non-hydrogen) atoms. The van der Waals surface area contributed by atoms with Crippen LogP contribution in [0.25, 0.3) is 0 Å². The minimum absolute atomic E-state index is 0. The predicted octanol–water partition coefficient (Wildman–Crippen LogP) is 3.42. The molecular weight excluding hydrogens is 268 g/mol. The SMILES string of the molecule is Cl.N[C@@H](c1cccc(Br)c1F)C1CC1. The minimum Gasteiger partial charge on any atom is -0.324 e. The van der Waals surface area contributed by atoms with Gasteiger partial charge in [-0.2, -0.15) is 0 Å². The standard InChI is InChI=1S/C10H11BrFN.ClH/c11-8-3-1-2-7(9(8)12)10(13)6-4-5-6;/h1-3,6,10H,4-5,13H2;1H/t10-;/m1./s1. The zero-order valence-corrected chi connectivity index (χ0v) is 9.94. The molecule has 78 valence electrons. The molecule has 1 aromatic carbocycles. The van der Waals surface area contributed by atoms with Crippen LogP contribution in [0.4, 0.5) is 4.39 Å². The third-order valence-corrected chi connectivity index (χ3v) is 3.08. The van der Waals surface area contributed by atoms with Crippen LogP contribution >= 0.6 is 28.3 Å². The van der Waals surface area contributed by atoms with Crippen molar-refractivity contribution in [2.24, 2.45) is 11.7 Å². The van der Waals surface area contributed by atoms with E-state index in [9.17, 15) is 4.39 Å². The molecule has 0 amide bonds. The molecule has 1 aliphatic carbocycles. The predicted molar refractivity (Wildman–Crippen MR) is 61.0 cm³/mol. The maximum atomic E-state index is 13.5. The summed E-state index contributed by atoms with van der Waals surface area (Å²) in [4.78, 5) is 0. The number of rotatable bonds is 2. The molecule has 1 aliphatic rings. The Kier molecular flexibility index (Phi) is 3.93. The summed E-state index contributed by atoms with van der Waals surface area (Å²) in [5.74, 6) is 0.283. The van der Waals surface area contributed by atoms with Crippen molar-refractivity contribution in [2.45, 2.75) is 18.9 Å². The van der Waals surface area contributed by atoms with Gasteiger partial charge >= 0.3 is 0 Å². The Hall–Kier alpha value is -0.120. The minimum atomic E-state index is -0.207. The molecule has 0 saturated heterocycles. The normalized spacial score (nSPS) is 17.4. The number of hydrogen-bond donors (Lipinski definition) is 1. The van der Waals surface area contributed by atoms with E-state index >= 15 is 0 Å². The van der Waals surface area contributed by atoms with E-state index in [4.69, 9.17) is 5.73 Å². The van der Waals surface area contributed by atoms with Gasteiger partial charge in [0.1, 0.15) is 5.82 Å². The molecular formula is C10H12BrClFN. The molecule has 1 aromatic rings. The van der Waals surface area contributed by atoms with Gasteiger partial charge in [0, 0.05) is 11.6 Å². The lowest BCUT2D eigenvalue weighted by Crippen LogP contribution is -2.14. The van der Waals surface area contributed by atoms with Crippen LogP contribution < -0.4 is 5.73 Å². The monoisotopic (exact) mass is 279 g/mol. The van der Waals surface area contributed by atoms with E-state index in [2.05, 4.69) is 15.9 Å². The van der Waals surface area contributed by atoms with E-state index in [1.165, 1.54) is 0 Å². The second-order valence-electron chi connectivity index (χ2n) is 3.51. The van der Waals surface area contributed by atoms with Gasteiger partial charge in [0.05, 0.1) is 4.47 Å². The van der Waals surface area contributed by atoms with E-state index in [-0.39, 0.29) is 24.3 Å². The highest BCUT2D eigenvalue weighted by Gasteiger charge is 2.31. The van der Waals surface area contributed by atoms with Gasteiger partial charge in [0.2, 0.25) is 0 Å². The van der Waals surface area contributed by atoms with Crippen LogP contribution in [0.15, 0.2) is 22.7 Å². The highest BCUT2D eigenvalue weighted by molar-refractivity contribution is 9.10. The van der Waals surface area contributed by atoms with Crippen molar-refractivity contribution in [2.75, 3.05) is 0 Å². The van der Waals surface area contributed by atoms with Crippen molar-refractivity contribution < 1.29 is 4.39 Å². The molecule has 2 rings (SSSR count). The van der Waals surface area contributed by atoms with Crippen molar-refractivity contribution in [1.29, 1.82) is 0 Å². The summed E-state index contributed by atoms with van der Waals surface area (Å²) in [7, 11) is 0. The summed E-state index contributed by atoms with van der Waals surface area (Å²) in [5, 5.41) is 0. The van der Waals surface area contributed by atoms with E-state index in [0.717, 1.165) is 12.8 Å². The van der Waals surface area contributed by atoms with Gasteiger partial charge in [-0.25, -0.2) is 4.39 Å². The van der Waals surface area contributed by atoms with E-state index in [1.807, 2.05) is 6.07 Å². The molecule has 0 radical (unpaired) electrons. The summed E-state index contributed by atoms with van der Waals surface area (Å²) in [6.07, 6.45) is 2.26. The Balaban J connectivity index is 0.000000980. The number of halogens is 3. The second kappa shape index (κ2) is 4.60. The summed E-state index contributed by atoms with van der Waals surface area (Å²) >= 11 is 3.15. The molecule has 0 unspecified atom stereocenters. The molecule has 1 nitrogen and oxygen atoms in total. The summed E-state index contributed by atoms with van der Waals surface area (Å²) in [6, 6.07) is 5.16. The average Bonchev–Trinajstić information content (AvgIpc) is 2.91. The van der Waals surface area contributed by atoms with Crippen LogP contribution in [0.1, 0.15) is 24.4 Å². The highest BCUT2D eigenvalue weighted by atomic mass is 79.9. The largest absolute Gasteiger partial charge is 0.324 e. The maximum absolute atomic E-state index is 13.5. The summed E-state index contributed by atoms with van der Waals surface area (Å²) < 4.78 is 14.0. The van der Waals surface area contributed by atoms with Crippen molar-refractivity contribution in [3.8, 4) is 0 Å². The van der Waals surface area contributed by atoms with Gasteiger partial charge in [-0.1, -0.05) is 12.1 Å². The lowest BCUT2D eigenvalue weighted by Gasteiger charge is -2.12. The zero-order chi connectivity index (χ0) is 9.42. The molecule has 0 spiro atoms. The summed E-state index contributed by atoms with van der Waals surface area (Å²) in [5.41, 5.74) is 6.55. The fourth-order valence-electron chi connectivity index (χ4n) is 1.49. The third kappa shape index (κ3) is 2.27. The molecule has 0 heterocycles.